The van der Waals surface area contributed by atoms with Crippen LogP contribution >= 0.6 is 0 Å². The van der Waals surface area contributed by atoms with Crippen molar-refractivity contribution in [2.45, 2.75) is 19.4 Å². The van der Waals surface area contributed by atoms with Gasteiger partial charge in [-0.15, -0.1) is 0 Å². The fourth-order valence-corrected chi connectivity index (χ4v) is 2.60. The Morgan fingerprint density at radius 2 is 2.32 bits per heavy atom. The van der Waals surface area contributed by atoms with Gasteiger partial charge in [-0.25, -0.2) is 4.39 Å². The first-order valence-corrected chi connectivity index (χ1v) is 6.41. The number of carbonyl (C=O) groups is 1. The average molecular weight is 266 g/mol. The summed E-state index contributed by atoms with van der Waals surface area (Å²) in [6, 6.07) is 4.10. The summed E-state index contributed by atoms with van der Waals surface area (Å²) in [6.45, 7) is 3.17. The highest BCUT2D eigenvalue weighted by Crippen LogP contribution is 2.27. The summed E-state index contributed by atoms with van der Waals surface area (Å²) in [5.41, 5.74) is 5.92. The summed E-state index contributed by atoms with van der Waals surface area (Å²) in [7, 11) is 1.47. The van der Waals surface area contributed by atoms with Crippen LogP contribution in [0.1, 0.15) is 23.7 Å². The van der Waals surface area contributed by atoms with E-state index in [0.29, 0.717) is 24.8 Å². The van der Waals surface area contributed by atoms with E-state index in [0.717, 1.165) is 6.42 Å². The Kier molecular flexibility index (Phi) is 4.04. The number of carbonyl (C=O) groups excluding carboxylic acids is 1. The third-order valence-electron chi connectivity index (χ3n) is 3.65. The van der Waals surface area contributed by atoms with E-state index in [9.17, 15) is 9.18 Å². The number of rotatable bonds is 3. The molecule has 5 heteroatoms. The number of benzene rings is 1. The molecule has 2 atom stereocenters. The molecule has 1 heterocycles. The zero-order valence-electron chi connectivity index (χ0n) is 11.2. The van der Waals surface area contributed by atoms with E-state index in [1.54, 1.807) is 4.90 Å². The van der Waals surface area contributed by atoms with Crippen LogP contribution in [0.25, 0.3) is 0 Å². The molecule has 0 spiro atoms. The van der Waals surface area contributed by atoms with Gasteiger partial charge in [0.25, 0.3) is 5.91 Å². The van der Waals surface area contributed by atoms with Crippen LogP contribution in [-0.4, -0.2) is 37.0 Å². The SMILES string of the molecule is COc1ccc(F)cc1C(=O)N1CC(CN)CC1C. The zero-order valence-corrected chi connectivity index (χ0v) is 11.2. The molecule has 2 N–H and O–H groups in total. The number of hydrogen-bond donors (Lipinski definition) is 1. The Labute approximate surface area is 112 Å². The van der Waals surface area contributed by atoms with Gasteiger partial charge in [-0.05, 0) is 44.0 Å². The molecule has 1 aliphatic rings. The van der Waals surface area contributed by atoms with Crippen LogP contribution < -0.4 is 10.5 Å². The van der Waals surface area contributed by atoms with Gasteiger partial charge in [0, 0.05) is 12.6 Å². The van der Waals surface area contributed by atoms with Gasteiger partial charge in [-0.3, -0.25) is 4.79 Å². The molecule has 19 heavy (non-hydrogen) atoms. The first-order valence-electron chi connectivity index (χ1n) is 6.41. The van der Waals surface area contributed by atoms with Gasteiger partial charge in [0.1, 0.15) is 11.6 Å². The number of hydrogen-bond acceptors (Lipinski definition) is 3. The molecule has 0 aromatic heterocycles. The van der Waals surface area contributed by atoms with Crippen LogP contribution in [0.3, 0.4) is 0 Å². The van der Waals surface area contributed by atoms with Gasteiger partial charge in [-0.2, -0.15) is 0 Å². The van der Waals surface area contributed by atoms with E-state index in [-0.39, 0.29) is 17.5 Å². The first-order chi connectivity index (χ1) is 9.06. The summed E-state index contributed by atoms with van der Waals surface area (Å²) < 4.78 is 18.5. The molecular formula is C14H19FN2O2. The summed E-state index contributed by atoms with van der Waals surface area (Å²) in [4.78, 5) is 14.2. The molecule has 4 nitrogen and oxygen atoms in total. The lowest BCUT2D eigenvalue weighted by molar-refractivity contribution is 0.0739. The second-order valence-electron chi connectivity index (χ2n) is 4.99. The maximum absolute atomic E-state index is 13.3. The first kappa shape index (κ1) is 13.8. The van der Waals surface area contributed by atoms with Crippen LogP contribution in [0, 0.1) is 11.7 Å². The molecule has 1 fully saturated rings. The fourth-order valence-electron chi connectivity index (χ4n) is 2.60. The lowest BCUT2D eigenvalue weighted by atomic mass is 10.1. The second kappa shape index (κ2) is 5.57. The number of nitrogens with two attached hydrogens (primary N) is 1. The molecule has 0 aliphatic carbocycles. The van der Waals surface area contributed by atoms with Gasteiger partial charge in [0.15, 0.2) is 0 Å². The smallest absolute Gasteiger partial charge is 0.257 e. The Morgan fingerprint density at radius 3 is 2.89 bits per heavy atom. The number of ether oxygens (including phenoxy) is 1. The number of methoxy groups -OCH3 is 1. The van der Waals surface area contributed by atoms with E-state index in [2.05, 4.69) is 0 Å². The standard InChI is InChI=1S/C14H19FN2O2/c1-9-5-10(7-16)8-17(9)14(18)12-6-11(15)3-4-13(12)19-2/h3-4,6,9-10H,5,7-8,16H2,1-2H3. The zero-order chi connectivity index (χ0) is 14.0. The summed E-state index contributed by atoms with van der Waals surface area (Å²) >= 11 is 0. The second-order valence-corrected chi connectivity index (χ2v) is 4.99. The van der Waals surface area contributed by atoms with Gasteiger partial charge >= 0.3 is 0 Å². The van der Waals surface area contributed by atoms with Gasteiger partial charge in [-0.1, -0.05) is 0 Å². The highest BCUT2D eigenvalue weighted by atomic mass is 19.1. The number of likely N-dealkylation sites (tertiary alicyclic amines) is 1. The van der Waals surface area contributed by atoms with Crippen molar-refractivity contribution in [1.82, 2.24) is 4.90 Å². The van der Waals surface area contributed by atoms with Crippen molar-refractivity contribution in [2.75, 3.05) is 20.2 Å². The van der Waals surface area contributed by atoms with Crippen LogP contribution in [0.2, 0.25) is 0 Å². The molecule has 1 amide bonds. The van der Waals surface area contributed by atoms with E-state index in [4.69, 9.17) is 10.5 Å². The van der Waals surface area contributed by atoms with E-state index in [1.165, 1.54) is 25.3 Å². The maximum Gasteiger partial charge on any atom is 0.257 e. The predicted molar refractivity (Wildman–Crippen MR) is 70.6 cm³/mol. The fraction of sp³-hybridized carbons (Fsp3) is 0.500. The average Bonchev–Trinajstić information content (AvgIpc) is 2.79. The molecule has 0 saturated carbocycles. The van der Waals surface area contributed by atoms with Crippen LogP contribution in [0.15, 0.2) is 18.2 Å². The minimum atomic E-state index is -0.439. The highest BCUT2D eigenvalue weighted by molar-refractivity contribution is 5.97. The summed E-state index contributed by atoms with van der Waals surface area (Å²) in [6.07, 6.45) is 0.889. The molecule has 1 aromatic rings. The Hall–Kier alpha value is -1.62. The maximum atomic E-state index is 13.3. The largest absolute Gasteiger partial charge is 0.496 e. The van der Waals surface area contributed by atoms with Crippen molar-refractivity contribution in [3.8, 4) is 5.75 Å². The Morgan fingerprint density at radius 1 is 1.58 bits per heavy atom. The lowest BCUT2D eigenvalue weighted by Gasteiger charge is -2.22. The topological polar surface area (TPSA) is 55.6 Å². The normalized spacial score (nSPS) is 22.6. The molecule has 2 rings (SSSR count). The third-order valence-corrected chi connectivity index (χ3v) is 3.65. The predicted octanol–water partition coefficient (Wildman–Crippen LogP) is 1.64. The van der Waals surface area contributed by atoms with Crippen molar-refractivity contribution in [1.29, 1.82) is 0 Å². The van der Waals surface area contributed by atoms with Crippen LogP contribution in [0.5, 0.6) is 5.75 Å². The number of amides is 1. The third kappa shape index (κ3) is 2.71. The van der Waals surface area contributed by atoms with Crippen molar-refractivity contribution in [3.63, 3.8) is 0 Å². The summed E-state index contributed by atoms with van der Waals surface area (Å²) in [5.74, 6) is 0.0828. The summed E-state index contributed by atoms with van der Waals surface area (Å²) in [5, 5.41) is 0. The number of nitrogens with zero attached hydrogens (tertiary/aromatic N) is 1. The van der Waals surface area contributed by atoms with E-state index in [1.807, 2.05) is 6.92 Å². The van der Waals surface area contributed by atoms with Crippen molar-refractivity contribution >= 4 is 5.91 Å². The molecular weight excluding hydrogens is 247 g/mol. The highest BCUT2D eigenvalue weighted by Gasteiger charge is 2.33. The Balaban J connectivity index is 2.27. The minimum absolute atomic E-state index is 0.119. The number of halogens is 1. The van der Waals surface area contributed by atoms with Crippen molar-refractivity contribution in [2.24, 2.45) is 11.7 Å². The molecule has 2 unspecified atom stereocenters. The van der Waals surface area contributed by atoms with Gasteiger partial charge < -0.3 is 15.4 Å². The Bertz CT molecular complexity index is 479. The van der Waals surface area contributed by atoms with Crippen molar-refractivity contribution in [3.05, 3.63) is 29.6 Å². The van der Waals surface area contributed by atoms with E-state index >= 15 is 0 Å². The molecule has 1 aliphatic heterocycles. The monoisotopic (exact) mass is 266 g/mol. The quantitative estimate of drug-likeness (QED) is 0.905. The van der Waals surface area contributed by atoms with Crippen molar-refractivity contribution < 1.29 is 13.9 Å². The molecule has 0 bridgehead atoms. The van der Waals surface area contributed by atoms with Crippen LogP contribution in [0.4, 0.5) is 4.39 Å². The molecule has 0 radical (unpaired) electrons. The van der Waals surface area contributed by atoms with Crippen LogP contribution in [-0.2, 0) is 0 Å². The molecule has 104 valence electrons. The van der Waals surface area contributed by atoms with Gasteiger partial charge in [0.2, 0.25) is 0 Å². The minimum Gasteiger partial charge on any atom is -0.496 e. The lowest BCUT2D eigenvalue weighted by Crippen LogP contribution is -2.34. The van der Waals surface area contributed by atoms with E-state index < -0.39 is 5.82 Å². The molecule has 1 aromatic carbocycles. The van der Waals surface area contributed by atoms with Gasteiger partial charge in [0.05, 0.1) is 12.7 Å². The molecule has 1 saturated heterocycles.